The summed E-state index contributed by atoms with van der Waals surface area (Å²) in [5, 5.41) is 9.58. The van der Waals surface area contributed by atoms with Gasteiger partial charge in [0.05, 0.1) is 43.4 Å². The van der Waals surface area contributed by atoms with Crippen LogP contribution in [0.2, 0.25) is 0 Å². The zero-order chi connectivity index (χ0) is 17.5. The lowest BCUT2D eigenvalue weighted by Crippen LogP contribution is -2.27. The first-order valence-corrected chi connectivity index (χ1v) is 9.18. The molecule has 2 rings (SSSR count). The summed E-state index contributed by atoms with van der Waals surface area (Å²) in [4.78, 5) is 23.9. The van der Waals surface area contributed by atoms with Crippen molar-refractivity contribution < 1.29 is 28.9 Å². The van der Waals surface area contributed by atoms with E-state index in [4.69, 9.17) is 14.2 Å². The van der Waals surface area contributed by atoms with Crippen molar-refractivity contribution >= 4 is 11.9 Å². The molecule has 1 heterocycles. The molecule has 5 atom stereocenters. The molecule has 1 saturated carbocycles. The van der Waals surface area contributed by atoms with Crippen LogP contribution in [0.25, 0.3) is 0 Å². The van der Waals surface area contributed by atoms with E-state index in [0.717, 1.165) is 32.1 Å². The summed E-state index contributed by atoms with van der Waals surface area (Å²) in [5.74, 6) is -0.749. The second-order valence-electron chi connectivity index (χ2n) is 6.93. The fraction of sp³-hybridized carbons (Fsp3) is 0.889. The van der Waals surface area contributed by atoms with E-state index in [0.29, 0.717) is 12.8 Å². The topological polar surface area (TPSA) is 85.4 Å². The van der Waals surface area contributed by atoms with Gasteiger partial charge in [0.25, 0.3) is 0 Å². The SMILES string of the molecule is CCC(CC1OC1C)C(=O)OCCCOC(=O)C1CCCC(O)C1. The number of ether oxygens (including phenoxy) is 3. The molecule has 1 N–H and O–H groups in total. The Labute approximate surface area is 143 Å². The Kier molecular flexibility index (Phi) is 7.49. The summed E-state index contributed by atoms with van der Waals surface area (Å²) < 4.78 is 15.9. The Bertz CT molecular complexity index is 424. The molecule has 6 heteroatoms. The molecule has 5 unspecified atom stereocenters. The molecule has 24 heavy (non-hydrogen) atoms. The van der Waals surface area contributed by atoms with Gasteiger partial charge in [0, 0.05) is 6.42 Å². The molecular formula is C18H30O6. The van der Waals surface area contributed by atoms with E-state index in [2.05, 4.69) is 0 Å². The molecule has 6 nitrogen and oxygen atoms in total. The van der Waals surface area contributed by atoms with E-state index < -0.39 is 0 Å². The van der Waals surface area contributed by atoms with Crippen LogP contribution in [0, 0.1) is 11.8 Å². The van der Waals surface area contributed by atoms with Gasteiger partial charge in [0.15, 0.2) is 0 Å². The van der Waals surface area contributed by atoms with Crippen LogP contribution in [0.3, 0.4) is 0 Å². The van der Waals surface area contributed by atoms with Gasteiger partial charge in [-0.15, -0.1) is 0 Å². The lowest BCUT2D eigenvalue weighted by Gasteiger charge is -2.24. The third kappa shape index (κ3) is 6.06. The van der Waals surface area contributed by atoms with Crippen LogP contribution in [-0.4, -0.2) is 48.6 Å². The number of epoxide rings is 1. The van der Waals surface area contributed by atoms with Gasteiger partial charge < -0.3 is 19.3 Å². The van der Waals surface area contributed by atoms with Crippen LogP contribution in [0.5, 0.6) is 0 Å². The van der Waals surface area contributed by atoms with Crippen LogP contribution in [0.15, 0.2) is 0 Å². The van der Waals surface area contributed by atoms with Gasteiger partial charge in [-0.2, -0.15) is 0 Å². The highest BCUT2D eigenvalue weighted by molar-refractivity contribution is 5.73. The van der Waals surface area contributed by atoms with Crippen molar-refractivity contribution in [3.05, 3.63) is 0 Å². The minimum absolute atomic E-state index is 0.119. The average Bonchev–Trinajstić information content (AvgIpc) is 3.26. The molecule has 0 aromatic rings. The Hall–Kier alpha value is -1.14. The first kappa shape index (κ1) is 19.2. The third-order valence-electron chi connectivity index (χ3n) is 4.94. The summed E-state index contributed by atoms with van der Waals surface area (Å²) in [6.45, 7) is 4.48. The largest absolute Gasteiger partial charge is 0.465 e. The normalized spacial score (nSPS) is 30.5. The van der Waals surface area contributed by atoms with Crippen molar-refractivity contribution in [2.75, 3.05) is 13.2 Å². The number of aliphatic hydroxyl groups excluding tert-OH is 1. The molecule has 0 aromatic heterocycles. The number of hydrogen-bond acceptors (Lipinski definition) is 6. The van der Waals surface area contributed by atoms with E-state index in [9.17, 15) is 14.7 Å². The van der Waals surface area contributed by atoms with Gasteiger partial charge in [0.2, 0.25) is 0 Å². The molecule has 2 fully saturated rings. The van der Waals surface area contributed by atoms with Gasteiger partial charge in [-0.1, -0.05) is 13.3 Å². The standard InChI is InChI=1S/C18H30O6/c1-3-13(11-16-12(2)24-16)17(20)22-8-5-9-23-18(21)14-6-4-7-15(19)10-14/h12-16,19H,3-11H2,1-2H3. The van der Waals surface area contributed by atoms with E-state index in [-0.39, 0.29) is 55.3 Å². The zero-order valence-corrected chi connectivity index (χ0v) is 14.7. The van der Waals surface area contributed by atoms with Crippen molar-refractivity contribution in [3.63, 3.8) is 0 Å². The van der Waals surface area contributed by atoms with Gasteiger partial charge in [-0.25, -0.2) is 0 Å². The van der Waals surface area contributed by atoms with Crippen LogP contribution < -0.4 is 0 Å². The maximum atomic E-state index is 12.0. The Morgan fingerprint density at radius 1 is 1.25 bits per heavy atom. The maximum absolute atomic E-state index is 12.0. The Morgan fingerprint density at radius 3 is 2.58 bits per heavy atom. The lowest BCUT2D eigenvalue weighted by atomic mass is 9.87. The second-order valence-corrected chi connectivity index (χ2v) is 6.93. The van der Waals surface area contributed by atoms with E-state index in [1.165, 1.54) is 0 Å². The van der Waals surface area contributed by atoms with Crippen molar-refractivity contribution in [2.45, 2.75) is 77.1 Å². The Morgan fingerprint density at radius 2 is 1.96 bits per heavy atom. The van der Waals surface area contributed by atoms with Crippen LogP contribution in [-0.2, 0) is 23.8 Å². The van der Waals surface area contributed by atoms with E-state index in [1.807, 2.05) is 13.8 Å². The number of aliphatic hydroxyl groups is 1. The number of hydrogen-bond donors (Lipinski definition) is 1. The maximum Gasteiger partial charge on any atom is 0.309 e. The van der Waals surface area contributed by atoms with Crippen molar-refractivity contribution in [1.82, 2.24) is 0 Å². The summed E-state index contributed by atoms with van der Waals surface area (Å²) >= 11 is 0. The van der Waals surface area contributed by atoms with E-state index >= 15 is 0 Å². The lowest BCUT2D eigenvalue weighted by molar-refractivity contribution is -0.153. The smallest absolute Gasteiger partial charge is 0.309 e. The minimum atomic E-state index is -0.388. The molecule has 0 aromatic carbocycles. The fourth-order valence-corrected chi connectivity index (χ4v) is 3.21. The highest BCUT2D eigenvalue weighted by atomic mass is 16.6. The highest BCUT2D eigenvalue weighted by Gasteiger charge is 2.37. The first-order valence-electron chi connectivity index (χ1n) is 9.18. The number of rotatable bonds is 9. The Balaban J connectivity index is 1.55. The molecule has 1 aliphatic heterocycles. The van der Waals surface area contributed by atoms with Crippen LogP contribution >= 0.6 is 0 Å². The molecule has 1 aliphatic carbocycles. The number of carbonyl (C=O) groups excluding carboxylic acids is 2. The summed E-state index contributed by atoms with van der Waals surface area (Å²) in [6.07, 6.45) is 4.92. The van der Waals surface area contributed by atoms with Crippen molar-refractivity contribution in [1.29, 1.82) is 0 Å². The van der Waals surface area contributed by atoms with Gasteiger partial charge in [-0.05, 0) is 39.0 Å². The third-order valence-corrected chi connectivity index (χ3v) is 4.94. The molecule has 1 saturated heterocycles. The van der Waals surface area contributed by atoms with E-state index in [1.54, 1.807) is 0 Å². The van der Waals surface area contributed by atoms with Gasteiger partial charge in [0.1, 0.15) is 0 Å². The molecule has 0 bridgehead atoms. The number of esters is 2. The predicted octanol–water partition coefficient (Wildman–Crippen LogP) is 2.22. The quantitative estimate of drug-likeness (QED) is 0.393. The molecule has 0 amide bonds. The monoisotopic (exact) mass is 342 g/mol. The first-order chi connectivity index (χ1) is 11.5. The molecule has 0 spiro atoms. The van der Waals surface area contributed by atoms with Crippen LogP contribution in [0.4, 0.5) is 0 Å². The molecular weight excluding hydrogens is 312 g/mol. The predicted molar refractivity (Wildman–Crippen MR) is 87.2 cm³/mol. The van der Waals surface area contributed by atoms with Gasteiger partial charge in [-0.3, -0.25) is 9.59 Å². The molecule has 138 valence electrons. The fourth-order valence-electron chi connectivity index (χ4n) is 3.21. The second kappa shape index (κ2) is 9.37. The highest BCUT2D eigenvalue weighted by Crippen LogP contribution is 2.29. The minimum Gasteiger partial charge on any atom is -0.465 e. The van der Waals surface area contributed by atoms with Crippen LogP contribution in [0.1, 0.15) is 58.8 Å². The van der Waals surface area contributed by atoms with Crippen molar-refractivity contribution in [2.24, 2.45) is 11.8 Å². The summed E-state index contributed by atoms with van der Waals surface area (Å²) in [6, 6.07) is 0. The van der Waals surface area contributed by atoms with Gasteiger partial charge >= 0.3 is 11.9 Å². The zero-order valence-electron chi connectivity index (χ0n) is 14.7. The summed E-state index contributed by atoms with van der Waals surface area (Å²) in [5.41, 5.74) is 0. The summed E-state index contributed by atoms with van der Waals surface area (Å²) in [7, 11) is 0. The van der Waals surface area contributed by atoms with Crippen molar-refractivity contribution in [3.8, 4) is 0 Å². The molecule has 0 radical (unpaired) electrons. The average molecular weight is 342 g/mol. The number of carbonyl (C=O) groups is 2. The molecule has 2 aliphatic rings.